The number of hydrogen-bond donors (Lipinski definition) is 2. The van der Waals surface area contributed by atoms with E-state index in [1.165, 1.54) is 36.9 Å². The summed E-state index contributed by atoms with van der Waals surface area (Å²) in [6.45, 7) is 5.60. The monoisotopic (exact) mass is 394 g/mol. The lowest BCUT2D eigenvalue weighted by molar-refractivity contribution is 0.667. The minimum absolute atomic E-state index is 0.710. The fourth-order valence-electron chi connectivity index (χ4n) is 3.36. The van der Waals surface area contributed by atoms with E-state index in [-0.39, 0.29) is 0 Å². The minimum atomic E-state index is 0.710. The van der Waals surface area contributed by atoms with Crippen LogP contribution in [0.15, 0.2) is 53.5 Å². The molecule has 0 aromatic heterocycles. The largest absolute Gasteiger partial charge is 0.371 e. The smallest absolute Gasteiger partial charge is 0.0630 e. The molecule has 2 aromatic carbocycles. The number of aliphatic imine (C=N–C) groups is 1. The predicted octanol–water partition coefficient (Wildman–Crippen LogP) is 5.06. The molecule has 0 radical (unpaired) electrons. The summed E-state index contributed by atoms with van der Waals surface area (Å²) < 4.78 is 0. The highest BCUT2D eigenvalue weighted by Gasteiger charge is 2.05. The summed E-state index contributed by atoms with van der Waals surface area (Å²) in [6, 6.07) is 17.2. The SMILES string of the molecule is CCCCCCc1ccc(N=Cc2ccc(N(CCCN)CCCN)cc2)cc1. The molecular formula is C25H38N4. The highest BCUT2D eigenvalue weighted by Crippen LogP contribution is 2.18. The van der Waals surface area contributed by atoms with Crippen LogP contribution in [0.25, 0.3) is 0 Å². The highest BCUT2D eigenvalue weighted by atomic mass is 15.1. The van der Waals surface area contributed by atoms with Gasteiger partial charge in [-0.2, -0.15) is 0 Å². The maximum Gasteiger partial charge on any atom is 0.0630 e. The first-order valence-electron chi connectivity index (χ1n) is 11.1. The molecule has 2 rings (SSSR count). The number of nitrogens with zero attached hydrogens (tertiary/aromatic N) is 2. The van der Waals surface area contributed by atoms with Crippen molar-refractivity contribution in [2.45, 2.75) is 51.9 Å². The number of rotatable bonds is 14. The third-order valence-corrected chi connectivity index (χ3v) is 5.14. The van der Waals surface area contributed by atoms with E-state index in [0.29, 0.717) is 13.1 Å². The summed E-state index contributed by atoms with van der Waals surface area (Å²) in [7, 11) is 0. The molecule has 0 fully saturated rings. The summed E-state index contributed by atoms with van der Waals surface area (Å²) in [5.74, 6) is 0. The van der Waals surface area contributed by atoms with Crippen LogP contribution in [-0.2, 0) is 6.42 Å². The van der Waals surface area contributed by atoms with Crippen molar-refractivity contribution in [2.24, 2.45) is 16.5 Å². The molecule has 0 heterocycles. The van der Waals surface area contributed by atoms with Crippen LogP contribution in [-0.4, -0.2) is 32.4 Å². The maximum absolute atomic E-state index is 5.68. The second kappa shape index (κ2) is 13.9. The molecule has 2 aromatic rings. The van der Waals surface area contributed by atoms with Gasteiger partial charge in [-0.25, -0.2) is 0 Å². The normalized spacial score (nSPS) is 11.3. The van der Waals surface area contributed by atoms with E-state index in [2.05, 4.69) is 65.3 Å². The van der Waals surface area contributed by atoms with E-state index in [1.54, 1.807) is 0 Å². The Kier molecular flexibility index (Phi) is 11.1. The lowest BCUT2D eigenvalue weighted by Gasteiger charge is -2.24. The summed E-state index contributed by atoms with van der Waals surface area (Å²) in [5.41, 5.74) is 16.1. The van der Waals surface area contributed by atoms with Crippen molar-refractivity contribution in [3.63, 3.8) is 0 Å². The quantitative estimate of drug-likeness (QED) is 0.347. The van der Waals surface area contributed by atoms with Crippen LogP contribution in [0.5, 0.6) is 0 Å². The summed E-state index contributed by atoms with van der Waals surface area (Å²) in [5, 5.41) is 0. The third-order valence-electron chi connectivity index (χ3n) is 5.14. The first-order valence-corrected chi connectivity index (χ1v) is 11.1. The Bertz CT molecular complexity index is 684. The zero-order valence-corrected chi connectivity index (χ0v) is 18.0. The van der Waals surface area contributed by atoms with Gasteiger partial charge in [-0.1, -0.05) is 50.5 Å². The Morgan fingerprint density at radius 2 is 1.45 bits per heavy atom. The molecule has 0 bridgehead atoms. The molecule has 0 saturated heterocycles. The van der Waals surface area contributed by atoms with Gasteiger partial charge in [0.25, 0.3) is 0 Å². The van der Waals surface area contributed by atoms with Crippen LogP contribution in [0.1, 0.15) is 56.6 Å². The Balaban J connectivity index is 1.91. The van der Waals surface area contributed by atoms with Gasteiger partial charge in [-0.15, -0.1) is 0 Å². The van der Waals surface area contributed by atoms with E-state index < -0.39 is 0 Å². The molecule has 0 saturated carbocycles. The zero-order chi connectivity index (χ0) is 20.7. The lowest BCUT2D eigenvalue weighted by atomic mass is 10.1. The summed E-state index contributed by atoms with van der Waals surface area (Å²) >= 11 is 0. The number of anilines is 1. The van der Waals surface area contributed by atoms with Gasteiger partial charge in [0, 0.05) is 25.0 Å². The van der Waals surface area contributed by atoms with E-state index in [9.17, 15) is 0 Å². The number of hydrogen-bond acceptors (Lipinski definition) is 4. The molecule has 0 aliphatic rings. The first-order chi connectivity index (χ1) is 14.3. The van der Waals surface area contributed by atoms with Gasteiger partial charge in [0.05, 0.1) is 5.69 Å². The highest BCUT2D eigenvalue weighted by molar-refractivity contribution is 5.82. The number of nitrogens with two attached hydrogens (primary N) is 2. The molecule has 0 spiro atoms. The standard InChI is InChI=1S/C25H38N4/c1-2-3-4-5-8-22-9-13-24(14-10-22)28-21-23-11-15-25(16-12-23)29(19-6-17-26)20-7-18-27/h9-16,21H,2-8,17-20,26-27H2,1H3. The van der Waals surface area contributed by atoms with Crippen molar-refractivity contribution in [1.82, 2.24) is 0 Å². The molecule has 0 amide bonds. The average Bonchev–Trinajstić information content (AvgIpc) is 2.77. The molecule has 4 nitrogen and oxygen atoms in total. The van der Waals surface area contributed by atoms with Gasteiger partial charge in [0.2, 0.25) is 0 Å². The molecule has 4 N–H and O–H groups in total. The summed E-state index contributed by atoms with van der Waals surface area (Å²) in [6.07, 6.45) is 10.3. The van der Waals surface area contributed by atoms with Crippen LogP contribution < -0.4 is 16.4 Å². The first kappa shape index (κ1) is 23.1. The van der Waals surface area contributed by atoms with E-state index in [1.807, 2.05) is 6.21 Å². The topological polar surface area (TPSA) is 67.6 Å². The van der Waals surface area contributed by atoms with Gasteiger partial charge >= 0.3 is 0 Å². The van der Waals surface area contributed by atoms with Crippen LogP contribution in [0, 0.1) is 0 Å². The van der Waals surface area contributed by atoms with Gasteiger partial charge in [-0.3, -0.25) is 4.99 Å². The lowest BCUT2D eigenvalue weighted by Crippen LogP contribution is -2.28. The minimum Gasteiger partial charge on any atom is -0.371 e. The predicted molar refractivity (Wildman–Crippen MR) is 128 cm³/mol. The van der Waals surface area contributed by atoms with Crippen LogP contribution in [0.4, 0.5) is 11.4 Å². The Labute approximate surface area is 177 Å². The third kappa shape index (κ3) is 8.80. The van der Waals surface area contributed by atoms with E-state index >= 15 is 0 Å². The van der Waals surface area contributed by atoms with E-state index in [0.717, 1.165) is 43.6 Å². The molecule has 158 valence electrons. The molecule has 4 heteroatoms. The van der Waals surface area contributed by atoms with Gasteiger partial charge in [0.1, 0.15) is 0 Å². The van der Waals surface area contributed by atoms with Crippen LogP contribution >= 0.6 is 0 Å². The second-order valence-electron chi connectivity index (χ2n) is 7.60. The van der Waals surface area contributed by atoms with Crippen molar-refractivity contribution in [1.29, 1.82) is 0 Å². The Hall–Kier alpha value is -2.17. The fraction of sp³-hybridized carbons (Fsp3) is 0.480. The maximum atomic E-state index is 5.68. The second-order valence-corrected chi connectivity index (χ2v) is 7.60. The fourth-order valence-corrected chi connectivity index (χ4v) is 3.36. The molecule has 0 unspecified atom stereocenters. The van der Waals surface area contributed by atoms with Gasteiger partial charge in [-0.05, 0) is 74.2 Å². The number of benzene rings is 2. The van der Waals surface area contributed by atoms with Crippen molar-refractivity contribution >= 4 is 17.6 Å². The zero-order valence-electron chi connectivity index (χ0n) is 18.0. The van der Waals surface area contributed by atoms with Crippen molar-refractivity contribution in [2.75, 3.05) is 31.1 Å². The Morgan fingerprint density at radius 1 is 0.793 bits per heavy atom. The molecule has 0 aliphatic carbocycles. The van der Waals surface area contributed by atoms with Crippen LogP contribution in [0.2, 0.25) is 0 Å². The molecule has 0 atom stereocenters. The average molecular weight is 395 g/mol. The molecular weight excluding hydrogens is 356 g/mol. The van der Waals surface area contributed by atoms with Crippen molar-refractivity contribution < 1.29 is 0 Å². The van der Waals surface area contributed by atoms with Gasteiger partial charge in [0.15, 0.2) is 0 Å². The van der Waals surface area contributed by atoms with Crippen molar-refractivity contribution in [3.05, 3.63) is 59.7 Å². The summed E-state index contributed by atoms with van der Waals surface area (Å²) in [4.78, 5) is 6.99. The number of unbranched alkanes of at least 4 members (excludes halogenated alkanes) is 3. The van der Waals surface area contributed by atoms with E-state index in [4.69, 9.17) is 11.5 Å². The van der Waals surface area contributed by atoms with Crippen LogP contribution in [0.3, 0.4) is 0 Å². The van der Waals surface area contributed by atoms with Gasteiger partial charge < -0.3 is 16.4 Å². The molecule has 29 heavy (non-hydrogen) atoms. The molecule has 0 aliphatic heterocycles. The Morgan fingerprint density at radius 3 is 2.03 bits per heavy atom. The number of aryl methyl sites for hydroxylation is 1. The van der Waals surface area contributed by atoms with Crippen molar-refractivity contribution in [3.8, 4) is 0 Å².